The maximum Gasteiger partial charge on any atom is 0.254 e. The molecule has 25 heavy (non-hydrogen) atoms. The van der Waals surface area contributed by atoms with Crippen LogP contribution in [0.2, 0.25) is 0 Å². The minimum Gasteiger partial charge on any atom is -0.497 e. The fourth-order valence-electron chi connectivity index (χ4n) is 3.59. The number of nitrogens with one attached hydrogen (secondary N) is 1. The van der Waals surface area contributed by atoms with Crippen LogP contribution >= 0.6 is 0 Å². The summed E-state index contributed by atoms with van der Waals surface area (Å²) in [4.78, 5) is 17.7. The summed E-state index contributed by atoms with van der Waals surface area (Å²) < 4.78 is 10.7. The number of carbonyl (C=O) groups excluding carboxylic acids is 1. The number of methoxy groups -OCH3 is 1. The first-order chi connectivity index (χ1) is 12.2. The van der Waals surface area contributed by atoms with Gasteiger partial charge in [-0.2, -0.15) is 0 Å². The topological polar surface area (TPSA) is 54.0 Å². The molecule has 2 fully saturated rings. The lowest BCUT2D eigenvalue weighted by molar-refractivity contribution is 0.0301. The van der Waals surface area contributed by atoms with Crippen molar-refractivity contribution in [2.24, 2.45) is 0 Å². The van der Waals surface area contributed by atoms with Crippen molar-refractivity contribution in [1.29, 1.82) is 0 Å². The monoisotopic (exact) mass is 347 g/mol. The number of carbonyl (C=O) groups is 1. The molecule has 0 aliphatic carbocycles. The van der Waals surface area contributed by atoms with Gasteiger partial charge in [-0.05, 0) is 43.7 Å². The van der Waals surface area contributed by atoms with Crippen LogP contribution < -0.4 is 10.1 Å². The van der Waals surface area contributed by atoms with Crippen LogP contribution in [0.5, 0.6) is 5.75 Å². The molecule has 2 heterocycles. The van der Waals surface area contributed by atoms with Gasteiger partial charge in [0, 0.05) is 44.3 Å². The zero-order valence-corrected chi connectivity index (χ0v) is 15.3. The van der Waals surface area contributed by atoms with E-state index in [1.165, 1.54) is 0 Å². The van der Waals surface area contributed by atoms with Crippen LogP contribution in [0.25, 0.3) is 0 Å². The predicted octanol–water partition coefficient (Wildman–Crippen LogP) is 1.14. The largest absolute Gasteiger partial charge is 0.497 e. The molecular formula is C19H29N3O3. The Hall–Kier alpha value is -1.63. The van der Waals surface area contributed by atoms with Gasteiger partial charge in [0.1, 0.15) is 5.75 Å². The Kier molecular flexibility index (Phi) is 6.29. The van der Waals surface area contributed by atoms with Crippen molar-refractivity contribution in [3.8, 4) is 5.75 Å². The van der Waals surface area contributed by atoms with Gasteiger partial charge in [0.15, 0.2) is 0 Å². The molecular weight excluding hydrogens is 318 g/mol. The van der Waals surface area contributed by atoms with Crippen LogP contribution in [0.3, 0.4) is 0 Å². The van der Waals surface area contributed by atoms with Gasteiger partial charge >= 0.3 is 0 Å². The summed E-state index contributed by atoms with van der Waals surface area (Å²) in [7, 11) is 1.65. The molecule has 2 aliphatic rings. The zero-order valence-electron chi connectivity index (χ0n) is 15.3. The van der Waals surface area contributed by atoms with Crippen molar-refractivity contribution in [2.45, 2.75) is 19.4 Å². The molecule has 138 valence electrons. The molecule has 2 saturated heterocycles. The van der Waals surface area contributed by atoms with Crippen LogP contribution in [0, 0.1) is 6.92 Å². The highest BCUT2D eigenvalue weighted by Crippen LogP contribution is 2.20. The van der Waals surface area contributed by atoms with Gasteiger partial charge in [-0.15, -0.1) is 0 Å². The number of rotatable bonds is 6. The average molecular weight is 347 g/mol. The van der Waals surface area contributed by atoms with E-state index in [1.54, 1.807) is 7.11 Å². The van der Waals surface area contributed by atoms with Gasteiger partial charge < -0.3 is 19.7 Å². The molecule has 3 rings (SSSR count). The van der Waals surface area contributed by atoms with E-state index >= 15 is 0 Å². The lowest BCUT2D eigenvalue weighted by Gasteiger charge is -2.33. The van der Waals surface area contributed by atoms with Crippen molar-refractivity contribution in [1.82, 2.24) is 15.1 Å². The summed E-state index contributed by atoms with van der Waals surface area (Å²) in [5, 5.41) is 3.38. The average Bonchev–Trinajstić information content (AvgIpc) is 3.17. The molecule has 1 aromatic carbocycles. The molecule has 0 spiro atoms. The van der Waals surface area contributed by atoms with Crippen LogP contribution in [0.15, 0.2) is 18.2 Å². The molecule has 1 amide bonds. The number of nitrogens with zero attached hydrogens (tertiary/aromatic N) is 2. The van der Waals surface area contributed by atoms with E-state index in [9.17, 15) is 4.79 Å². The van der Waals surface area contributed by atoms with Gasteiger partial charge in [-0.3, -0.25) is 9.69 Å². The summed E-state index contributed by atoms with van der Waals surface area (Å²) in [6.07, 6.45) is 1.02. The molecule has 0 saturated carbocycles. The van der Waals surface area contributed by atoms with E-state index < -0.39 is 0 Å². The lowest BCUT2D eigenvalue weighted by atomic mass is 10.1. The van der Waals surface area contributed by atoms with E-state index in [-0.39, 0.29) is 11.9 Å². The summed E-state index contributed by atoms with van der Waals surface area (Å²) in [6, 6.07) is 5.96. The van der Waals surface area contributed by atoms with Crippen molar-refractivity contribution in [3.05, 3.63) is 29.3 Å². The first kappa shape index (κ1) is 18.2. The van der Waals surface area contributed by atoms with E-state index in [2.05, 4.69) is 15.1 Å². The van der Waals surface area contributed by atoms with Crippen molar-refractivity contribution in [2.75, 3.05) is 59.6 Å². The number of aryl methyl sites for hydroxylation is 1. The van der Waals surface area contributed by atoms with Gasteiger partial charge in [0.2, 0.25) is 0 Å². The molecule has 1 atom stereocenters. The third kappa shape index (κ3) is 4.51. The standard InChI is InChI=1S/C19H29N3O3/c1-15-13-17(24-2)3-4-18(15)19(23)22(16-5-6-20-14-16)8-7-21-9-11-25-12-10-21/h3-4,13,16,20H,5-12,14H2,1-2H3. The summed E-state index contributed by atoms with van der Waals surface area (Å²) >= 11 is 0. The summed E-state index contributed by atoms with van der Waals surface area (Å²) in [5.74, 6) is 0.915. The number of amides is 1. The Balaban J connectivity index is 1.72. The predicted molar refractivity (Wildman–Crippen MR) is 97.3 cm³/mol. The third-order valence-corrected chi connectivity index (χ3v) is 5.16. The number of hydrogen-bond donors (Lipinski definition) is 1. The molecule has 2 aliphatic heterocycles. The minimum absolute atomic E-state index is 0.127. The quantitative estimate of drug-likeness (QED) is 0.836. The summed E-state index contributed by atoms with van der Waals surface area (Å²) in [6.45, 7) is 8.98. The Morgan fingerprint density at radius 2 is 2.20 bits per heavy atom. The Morgan fingerprint density at radius 3 is 2.84 bits per heavy atom. The van der Waals surface area contributed by atoms with E-state index in [0.717, 1.165) is 75.8 Å². The fourth-order valence-corrected chi connectivity index (χ4v) is 3.59. The minimum atomic E-state index is 0.127. The van der Waals surface area contributed by atoms with E-state index in [0.29, 0.717) is 0 Å². The Bertz CT molecular complexity index is 581. The van der Waals surface area contributed by atoms with Gasteiger partial charge in [0.05, 0.1) is 20.3 Å². The molecule has 1 aromatic rings. The second kappa shape index (κ2) is 8.65. The molecule has 6 nitrogen and oxygen atoms in total. The Morgan fingerprint density at radius 1 is 1.40 bits per heavy atom. The smallest absolute Gasteiger partial charge is 0.254 e. The van der Waals surface area contributed by atoms with Crippen LogP contribution in [0.1, 0.15) is 22.3 Å². The highest BCUT2D eigenvalue weighted by Gasteiger charge is 2.28. The molecule has 0 aromatic heterocycles. The Labute approximate surface area is 150 Å². The zero-order chi connectivity index (χ0) is 17.6. The molecule has 6 heteroatoms. The summed E-state index contributed by atoms with van der Waals surface area (Å²) in [5.41, 5.74) is 1.74. The second-order valence-corrected chi connectivity index (χ2v) is 6.78. The van der Waals surface area contributed by atoms with Crippen molar-refractivity contribution < 1.29 is 14.3 Å². The van der Waals surface area contributed by atoms with Gasteiger partial charge in [0.25, 0.3) is 5.91 Å². The number of benzene rings is 1. The van der Waals surface area contributed by atoms with E-state index in [4.69, 9.17) is 9.47 Å². The van der Waals surface area contributed by atoms with Crippen LogP contribution in [-0.4, -0.2) is 81.3 Å². The second-order valence-electron chi connectivity index (χ2n) is 6.78. The third-order valence-electron chi connectivity index (χ3n) is 5.16. The maximum atomic E-state index is 13.2. The molecule has 0 radical (unpaired) electrons. The number of morpholine rings is 1. The number of ether oxygens (including phenoxy) is 2. The van der Waals surface area contributed by atoms with Gasteiger partial charge in [-0.1, -0.05) is 0 Å². The highest BCUT2D eigenvalue weighted by molar-refractivity contribution is 5.96. The first-order valence-corrected chi connectivity index (χ1v) is 9.15. The SMILES string of the molecule is COc1ccc(C(=O)N(CCN2CCOCC2)C2CCNC2)c(C)c1. The molecule has 0 bridgehead atoms. The van der Waals surface area contributed by atoms with Crippen LogP contribution in [-0.2, 0) is 4.74 Å². The van der Waals surface area contributed by atoms with Gasteiger partial charge in [-0.25, -0.2) is 0 Å². The first-order valence-electron chi connectivity index (χ1n) is 9.15. The van der Waals surface area contributed by atoms with Crippen LogP contribution in [0.4, 0.5) is 0 Å². The van der Waals surface area contributed by atoms with E-state index in [1.807, 2.05) is 25.1 Å². The molecule has 1 N–H and O–H groups in total. The fraction of sp³-hybridized carbons (Fsp3) is 0.632. The van der Waals surface area contributed by atoms with Crippen molar-refractivity contribution in [3.63, 3.8) is 0 Å². The number of hydrogen-bond acceptors (Lipinski definition) is 5. The molecule has 1 unspecified atom stereocenters. The maximum absolute atomic E-state index is 13.2. The normalized spacial score (nSPS) is 21.3. The lowest BCUT2D eigenvalue weighted by Crippen LogP contribution is -2.47. The van der Waals surface area contributed by atoms with Crippen molar-refractivity contribution >= 4 is 5.91 Å². The highest BCUT2D eigenvalue weighted by atomic mass is 16.5.